The van der Waals surface area contributed by atoms with Gasteiger partial charge in [0.05, 0.1) is 18.6 Å². The number of likely N-dealkylation sites (N-methyl/N-ethyl adjacent to an activating group) is 1. The lowest BCUT2D eigenvalue weighted by Crippen LogP contribution is -2.48. The van der Waals surface area contributed by atoms with E-state index >= 15 is 0 Å². The number of nitriles is 1. The van der Waals surface area contributed by atoms with Gasteiger partial charge < -0.3 is 14.5 Å². The highest BCUT2D eigenvalue weighted by atomic mass is 32.2. The third-order valence-corrected chi connectivity index (χ3v) is 8.11. The Labute approximate surface area is 220 Å². The molecule has 4 rings (SSSR count). The van der Waals surface area contributed by atoms with Crippen LogP contribution in [0.15, 0.2) is 34.0 Å². The molecule has 2 saturated heterocycles. The number of nitrogens with zero attached hydrogens (tertiary/aromatic N) is 5. The Morgan fingerprint density at radius 3 is 2.42 bits per heavy atom. The first kappa shape index (κ1) is 25.9. The number of anilines is 1. The number of thiocarbonyl (C=S) groups is 1. The van der Waals surface area contributed by atoms with Gasteiger partial charge in [-0.3, -0.25) is 19.1 Å². The molecule has 2 aliphatic rings. The first-order chi connectivity index (χ1) is 17.3. The lowest BCUT2D eigenvalue weighted by Gasteiger charge is -2.37. The van der Waals surface area contributed by atoms with Crippen LogP contribution in [-0.2, 0) is 18.4 Å². The Hall–Kier alpha value is -3.13. The molecule has 1 aromatic carbocycles. The molecule has 2 aliphatic heterocycles. The van der Waals surface area contributed by atoms with Crippen LogP contribution in [0, 0.1) is 18.3 Å². The third kappa shape index (κ3) is 4.91. The lowest BCUT2D eigenvalue weighted by atomic mass is 10.0. The SMILES string of the molecule is CCN1CCN(c2c(C=C3SC(=S)N(Cc4ccc(OC)cc4)C3=O)c(C)c(C#N)c(=O)n2C)CC1. The zero-order chi connectivity index (χ0) is 26.0. The number of rotatable bonds is 6. The molecule has 0 aliphatic carbocycles. The molecule has 188 valence electrons. The van der Waals surface area contributed by atoms with Gasteiger partial charge in [0.25, 0.3) is 11.5 Å². The van der Waals surface area contributed by atoms with Crippen LogP contribution in [0.4, 0.5) is 5.82 Å². The number of amides is 1. The summed E-state index contributed by atoms with van der Waals surface area (Å²) in [6.07, 6.45) is 1.80. The summed E-state index contributed by atoms with van der Waals surface area (Å²) >= 11 is 6.79. The Morgan fingerprint density at radius 2 is 1.83 bits per heavy atom. The molecule has 0 atom stereocenters. The molecule has 36 heavy (non-hydrogen) atoms. The van der Waals surface area contributed by atoms with Crippen molar-refractivity contribution in [3.8, 4) is 11.8 Å². The maximum absolute atomic E-state index is 13.4. The quantitative estimate of drug-likeness (QED) is 0.422. The molecule has 0 saturated carbocycles. The van der Waals surface area contributed by atoms with Gasteiger partial charge in [0.2, 0.25) is 0 Å². The lowest BCUT2D eigenvalue weighted by molar-refractivity contribution is -0.122. The molecule has 0 bridgehead atoms. The van der Waals surface area contributed by atoms with E-state index in [4.69, 9.17) is 17.0 Å². The normalized spacial score (nSPS) is 17.7. The van der Waals surface area contributed by atoms with E-state index in [1.807, 2.05) is 24.3 Å². The first-order valence-electron chi connectivity index (χ1n) is 11.8. The van der Waals surface area contributed by atoms with Gasteiger partial charge in [0.1, 0.15) is 27.5 Å². The average Bonchev–Trinajstić information content (AvgIpc) is 3.15. The topological polar surface area (TPSA) is 81.8 Å². The Morgan fingerprint density at radius 1 is 1.17 bits per heavy atom. The van der Waals surface area contributed by atoms with Crippen molar-refractivity contribution < 1.29 is 9.53 Å². The number of benzene rings is 1. The van der Waals surface area contributed by atoms with Gasteiger partial charge in [0.15, 0.2) is 0 Å². The summed E-state index contributed by atoms with van der Waals surface area (Å²) in [5, 5.41) is 9.70. The zero-order valence-electron chi connectivity index (χ0n) is 20.9. The van der Waals surface area contributed by atoms with Crippen LogP contribution in [0.2, 0.25) is 0 Å². The number of pyridine rings is 1. The van der Waals surface area contributed by atoms with Crippen LogP contribution < -0.4 is 15.2 Å². The molecular weight excluding hydrogens is 494 g/mol. The summed E-state index contributed by atoms with van der Waals surface area (Å²) in [6, 6.07) is 9.58. The highest BCUT2D eigenvalue weighted by molar-refractivity contribution is 8.26. The van der Waals surface area contributed by atoms with Gasteiger partial charge in [0, 0.05) is 38.8 Å². The molecule has 0 radical (unpaired) electrons. The number of carbonyl (C=O) groups is 1. The molecule has 1 aromatic heterocycles. The molecule has 1 amide bonds. The van der Waals surface area contributed by atoms with E-state index < -0.39 is 0 Å². The largest absolute Gasteiger partial charge is 0.497 e. The number of hydrogen-bond donors (Lipinski definition) is 0. The van der Waals surface area contributed by atoms with Crippen molar-refractivity contribution in [3.63, 3.8) is 0 Å². The van der Waals surface area contributed by atoms with Gasteiger partial charge >= 0.3 is 0 Å². The predicted octanol–water partition coefficient (Wildman–Crippen LogP) is 3.12. The third-order valence-electron chi connectivity index (χ3n) is 6.74. The van der Waals surface area contributed by atoms with E-state index in [2.05, 4.69) is 22.8 Å². The number of carbonyl (C=O) groups excluding carboxylic acids is 1. The van der Waals surface area contributed by atoms with E-state index in [9.17, 15) is 14.9 Å². The fourth-order valence-electron chi connectivity index (χ4n) is 4.55. The predicted molar refractivity (Wildman–Crippen MR) is 147 cm³/mol. The van der Waals surface area contributed by atoms with E-state index in [0.29, 0.717) is 26.9 Å². The minimum Gasteiger partial charge on any atom is -0.497 e. The monoisotopic (exact) mass is 523 g/mol. The highest BCUT2D eigenvalue weighted by Gasteiger charge is 2.33. The maximum Gasteiger partial charge on any atom is 0.270 e. The number of aromatic nitrogens is 1. The molecular formula is C26H29N5O3S2. The summed E-state index contributed by atoms with van der Waals surface area (Å²) in [4.78, 5) is 33.0. The summed E-state index contributed by atoms with van der Waals surface area (Å²) in [6.45, 7) is 8.51. The van der Waals surface area contributed by atoms with Crippen molar-refractivity contribution in [2.45, 2.75) is 20.4 Å². The van der Waals surface area contributed by atoms with Crippen molar-refractivity contribution in [2.75, 3.05) is 44.7 Å². The summed E-state index contributed by atoms with van der Waals surface area (Å²) in [7, 11) is 3.30. The summed E-state index contributed by atoms with van der Waals surface area (Å²) in [5.41, 5.74) is 1.99. The molecule has 0 unspecified atom stereocenters. The van der Waals surface area contributed by atoms with Crippen LogP contribution in [-0.4, -0.2) is 64.4 Å². The second-order valence-corrected chi connectivity index (χ2v) is 10.4. The number of piperazine rings is 1. The second-order valence-electron chi connectivity index (χ2n) is 8.75. The maximum atomic E-state index is 13.4. The number of hydrogen-bond acceptors (Lipinski definition) is 8. The van der Waals surface area contributed by atoms with Crippen molar-refractivity contribution in [1.29, 1.82) is 5.26 Å². The van der Waals surface area contributed by atoms with Crippen molar-refractivity contribution >= 4 is 46.1 Å². The molecule has 0 N–H and O–H groups in total. The van der Waals surface area contributed by atoms with E-state index in [-0.39, 0.29) is 17.0 Å². The van der Waals surface area contributed by atoms with Crippen LogP contribution in [0.25, 0.3) is 6.08 Å². The number of ether oxygens (including phenoxy) is 1. The second kappa shape index (κ2) is 10.9. The molecule has 0 spiro atoms. The van der Waals surface area contributed by atoms with Gasteiger partial charge in [-0.25, -0.2) is 0 Å². The van der Waals surface area contributed by atoms with Gasteiger partial charge in [-0.05, 0) is 42.8 Å². The summed E-state index contributed by atoms with van der Waals surface area (Å²) in [5.74, 6) is 1.29. The van der Waals surface area contributed by atoms with Crippen LogP contribution in [0.3, 0.4) is 0 Å². The Balaban J connectivity index is 1.72. The Bertz CT molecular complexity index is 1320. The molecule has 8 nitrogen and oxygen atoms in total. The minimum atomic E-state index is -0.327. The van der Waals surface area contributed by atoms with Gasteiger partial charge in [-0.1, -0.05) is 43.0 Å². The minimum absolute atomic E-state index is 0.0911. The highest BCUT2D eigenvalue weighted by Crippen LogP contribution is 2.36. The van der Waals surface area contributed by atoms with Crippen LogP contribution in [0.1, 0.15) is 29.2 Å². The first-order valence-corrected chi connectivity index (χ1v) is 13.0. The van der Waals surface area contributed by atoms with E-state index in [1.54, 1.807) is 32.1 Å². The standard InChI is InChI=1S/C26H29N5O3S2/c1-5-29-10-12-30(13-11-29)23-20(17(2)21(15-27)24(32)28(23)3)14-22-25(33)31(26(35)36-22)16-18-6-8-19(34-4)9-7-18/h6-9,14H,5,10-13,16H2,1-4H3. The van der Waals surface area contributed by atoms with E-state index in [0.717, 1.165) is 49.9 Å². The summed E-state index contributed by atoms with van der Waals surface area (Å²) < 4.78 is 7.23. The Kier molecular flexibility index (Phi) is 7.83. The van der Waals surface area contributed by atoms with Crippen molar-refractivity contribution in [1.82, 2.24) is 14.4 Å². The fourth-order valence-corrected chi connectivity index (χ4v) is 5.79. The molecule has 3 heterocycles. The van der Waals surface area contributed by atoms with Gasteiger partial charge in [-0.15, -0.1) is 0 Å². The zero-order valence-corrected chi connectivity index (χ0v) is 22.5. The van der Waals surface area contributed by atoms with Crippen molar-refractivity contribution in [2.24, 2.45) is 7.05 Å². The van der Waals surface area contributed by atoms with Crippen LogP contribution in [0.5, 0.6) is 5.75 Å². The molecule has 2 aromatic rings. The average molecular weight is 524 g/mol. The molecule has 10 heteroatoms. The van der Waals surface area contributed by atoms with Crippen molar-refractivity contribution in [3.05, 3.63) is 61.8 Å². The van der Waals surface area contributed by atoms with E-state index in [1.165, 1.54) is 16.3 Å². The molecule has 2 fully saturated rings. The van der Waals surface area contributed by atoms with Crippen LogP contribution >= 0.6 is 24.0 Å². The number of methoxy groups -OCH3 is 1. The fraction of sp³-hybridized carbons (Fsp3) is 0.385. The smallest absolute Gasteiger partial charge is 0.270 e. The number of thioether (sulfide) groups is 1. The van der Waals surface area contributed by atoms with Gasteiger partial charge in [-0.2, -0.15) is 5.26 Å².